The summed E-state index contributed by atoms with van der Waals surface area (Å²) in [6.45, 7) is 2.23. The first-order valence-electron chi connectivity index (χ1n) is 6.82. The number of hydrogen-bond donors (Lipinski definition) is 1. The van der Waals surface area contributed by atoms with E-state index in [-0.39, 0.29) is 16.0 Å². The van der Waals surface area contributed by atoms with Crippen LogP contribution in [0.1, 0.15) is 23.2 Å². The van der Waals surface area contributed by atoms with E-state index in [1.165, 1.54) is 0 Å². The summed E-state index contributed by atoms with van der Waals surface area (Å²) in [6, 6.07) is 3.09. The molecule has 0 saturated carbocycles. The summed E-state index contributed by atoms with van der Waals surface area (Å²) < 4.78 is 11.4. The zero-order valence-corrected chi connectivity index (χ0v) is 12.9. The van der Waals surface area contributed by atoms with E-state index in [1.807, 2.05) is 0 Å². The number of piperidine rings is 1. The van der Waals surface area contributed by atoms with Gasteiger partial charge >= 0.3 is 0 Å². The van der Waals surface area contributed by atoms with E-state index in [0.29, 0.717) is 37.6 Å². The van der Waals surface area contributed by atoms with E-state index in [0.717, 1.165) is 12.8 Å². The Balaban J connectivity index is 1.81. The molecule has 0 bridgehead atoms. The van der Waals surface area contributed by atoms with Crippen molar-refractivity contribution in [3.63, 3.8) is 0 Å². The van der Waals surface area contributed by atoms with Crippen LogP contribution >= 0.6 is 23.2 Å². The predicted molar refractivity (Wildman–Crippen MR) is 80.6 cm³/mol. The van der Waals surface area contributed by atoms with Crippen molar-refractivity contribution in [2.45, 2.75) is 18.6 Å². The molecule has 2 fully saturated rings. The molecule has 2 saturated heterocycles. The predicted octanol–water partition coefficient (Wildman–Crippen LogP) is 2.55. The molecule has 1 aromatic rings. The number of nitrogens with two attached hydrogens (primary N) is 1. The van der Waals surface area contributed by atoms with Crippen LogP contribution in [-0.4, -0.2) is 42.9 Å². The van der Waals surface area contributed by atoms with Gasteiger partial charge in [0, 0.05) is 18.5 Å². The number of rotatable bonds is 1. The van der Waals surface area contributed by atoms with Crippen molar-refractivity contribution in [1.82, 2.24) is 4.90 Å². The minimum Gasteiger partial charge on any atom is -0.397 e. The van der Waals surface area contributed by atoms with Gasteiger partial charge in [0.05, 0.1) is 35.5 Å². The molecule has 2 heterocycles. The van der Waals surface area contributed by atoms with Crippen LogP contribution in [0.15, 0.2) is 12.1 Å². The lowest BCUT2D eigenvalue weighted by Crippen LogP contribution is -2.51. The van der Waals surface area contributed by atoms with Crippen molar-refractivity contribution in [3.05, 3.63) is 27.7 Å². The fraction of sp³-hybridized carbons (Fsp3) is 0.500. The Morgan fingerprint density at radius 1 is 1.29 bits per heavy atom. The molecule has 0 aliphatic carbocycles. The van der Waals surface area contributed by atoms with Crippen molar-refractivity contribution in [2.24, 2.45) is 0 Å². The fourth-order valence-electron chi connectivity index (χ4n) is 2.81. The molecule has 1 aromatic carbocycles. The monoisotopic (exact) mass is 330 g/mol. The minimum atomic E-state index is -0.643. The number of likely N-dealkylation sites (tertiary alicyclic amines) is 1. The van der Waals surface area contributed by atoms with Crippen LogP contribution < -0.4 is 5.73 Å². The molecule has 21 heavy (non-hydrogen) atoms. The number of carbonyl (C=O) groups is 1. The number of benzene rings is 1. The quantitative estimate of drug-likeness (QED) is 0.803. The van der Waals surface area contributed by atoms with Crippen molar-refractivity contribution in [1.29, 1.82) is 0 Å². The lowest BCUT2D eigenvalue weighted by atomic mass is 10.0. The maximum Gasteiger partial charge on any atom is 0.254 e. The highest BCUT2D eigenvalue weighted by Gasteiger charge is 2.42. The van der Waals surface area contributed by atoms with Gasteiger partial charge < -0.3 is 20.1 Å². The van der Waals surface area contributed by atoms with Crippen molar-refractivity contribution < 1.29 is 14.3 Å². The third-order valence-corrected chi connectivity index (χ3v) is 4.64. The molecule has 2 N–H and O–H groups in total. The summed E-state index contributed by atoms with van der Waals surface area (Å²) in [6.07, 6.45) is 1.64. The Labute approximate surface area is 132 Å². The number of nitrogens with zero attached hydrogens (tertiary/aromatic N) is 1. The summed E-state index contributed by atoms with van der Waals surface area (Å²) in [4.78, 5) is 14.3. The van der Waals surface area contributed by atoms with Gasteiger partial charge in [0.1, 0.15) is 0 Å². The van der Waals surface area contributed by atoms with Crippen molar-refractivity contribution in [2.75, 3.05) is 32.0 Å². The maximum absolute atomic E-state index is 12.6. The molecule has 0 radical (unpaired) electrons. The molecule has 0 aromatic heterocycles. The number of halogens is 2. The first-order chi connectivity index (χ1) is 10.0. The normalized spacial score (nSPS) is 21.0. The molecule has 7 heteroatoms. The molecule has 0 atom stereocenters. The molecular formula is C14H16Cl2N2O3. The van der Waals surface area contributed by atoms with Gasteiger partial charge in [0.2, 0.25) is 0 Å². The second-order valence-electron chi connectivity index (χ2n) is 5.30. The van der Waals surface area contributed by atoms with Gasteiger partial charge in [-0.1, -0.05) is 23.2 Å². The molecule has 3 rings (SSSR count). The maximum atomic E-state index is 12.6. The number of nitrogen functional groups attached to an aromatic ring is 1. The molecule has 0 unspecified atom stereocenters. The Kier molecular flexibility index (Phi) is 4.01. The highest BCUT2D eigenvalue weighted by atomic mass is 35.5. The molecule has 5 nitrogen and oxygen atoms in total. The summed E-state index contributed by atoms with van der Waals surface area (Å²) >= 11 is 11.9. The minimum absolute atomic E-state index is 0.140. The number of hydrogen-bond acceptors (Lipinski definition) is 4. The first-order valence-corrected chi connectivity index (χ1v) is 7.58. The number of carbonyl (C=O) groups excluding carboxylic acids is 1. The van der Waals surface area contributed by atoms with Gasteiger partial charge in [-0.2, -0.15) is 0 Å². The van der Waals surface area contributed by atoms with Gasteiger partial charge in [-0.05, 0) is 18.6 Å². The van der Waals surface area contributed by atoms with E-state index >= 15 is 0 Å². The largest absolute Gasteiger partial charge is 0.397 e. The SMILES string of the molecule is Nc1cc(C(=O)N2CCCC3(C2)OCCO3)cc(Cl)c1Cl. The zero-order chi connectivity index (χ0) is 15.0. The first kappa shape index (κ1) is 14.9. The Bertz CT molecular complexity index is 550. The van der Waals surface area contributed by atoms with Crippen LogP contribution in [-0.2, 0) is 9.47 Å². The summed E-state index contributed by atoms with van der Waals surface area (Å²) in [5.41, 5.74) is 6.49. The Hall–Kier alpha value is -1.01. The van der Waals surface area contributed by atoms with Gasteiger partial charge in [-0.15, -0.1) is 0 Å². The van der Waals surface area contributed by atoms with Crippen LogP contribution in [0, 0.1) is 0 Å². The molecule has 2 aliphatic heterocycles. The van der Waals surface area contributed by atoms with Crippen LogP contribution in [0.25, 0.3) is 0 Å². The van der Waals surface area contributed by atoms with Gasteiger partial charge in [-0.3, -0.25) is 4.79 Å². The van der Waals surface area contributed by atoms with E-state index in [1.54, 1.807) is 17.0 Å². The number of ether oxygens (including phenoxy) is 2. The van der Waals surface area contributed by atoms with E-state index in [2.05, 4.69) is 0 Å². The second kappa shape index (κ2) is 5.65. The highest BCUT2D eigenvalue weighted by molar-refractivity contribution is 6.43. The third-order valence-electron chi connectivity index (χ3n) is 3.82. The van der Waals surface area contributed by atoms with Crippen molar-refractivity contribution >= 4 is 34.8 Å². The Morgan fingerprint density at radius 3 is 2.67 bits per heavy atom. The molecule has 1 amide bonds. The van der Waals surface area contributed by atoms with Crippen molar-refractivity contribution in [3.8, 4) is 0 Å². The van der Waals surface area contributed by atoms with Crippen LogP contribution in [0.4, 0.5) is 5.69 Å². The number of anilines is 1. The molecular weight excluding hydrogens is 315 g/mol. The van der Waals surface area contributed by atoms with E-state index < -0.39 is 5.79 Å². The van der Waals surface area contributed by atoms with Gasteiger partial charge in [-0.25, -0.2) is 0 Å². The average molecular weight is 331 g/mol. The summed E-state index contributed by atoms with van der Waals surface area (Å²) in [5, 5.41) is 0.547. The van der Waals surface area contributed by atoms with Crippen LogP contribution in [0.3, 0.4) is 0 Å². The fourth-order valence-corrected chi connectivity index (χ4v) is 3.15. The van der Waals surface area contributed by atoms with E-state index in [4.69, 9.17) is 38.4 Å². The second-order valence-corrected chi connectivity index (χ2v) is 6.08. The lowest BCUT2D eigenvalue weighted by Gasteiger charge is -2.38. The molecule has 114 valence electrons. The number of amides is 1. The zero-order valence-electron chi connectivity index (χ0n) is 11.4. The standard InChI is InChI=1S/C14H16Cl2N2O3/c15-10-6-9(7-11(17)12(10)16)13(19)18-3-1-2-14(8-18)20-4-5-21-14/h6-7H,1-5,8,17H2. The van der Waals surface area contributed by atoms with E-state index in [9.17, 15) is 4.79 Å². The third kappa shape index (κ3) is 2.83. The average Bonchev–Trinajstić information content (AvgIpc) is 2.91. The van der Waals surface area contributed by atoms with Gasteiger partial charge in [0.15, 0.2) is 5.79 Å². The molecule has 2 aliphatic rings. The highest BCUT2D eigenvalue weighted by Crippen LogP contribution is 2.33. The smallest absolute Gasteiger partial charge is 0.254 e. The van der Waals surface area contributed by atoms with Crippen LogP contribution in [0.5, 0.6) is 0 Å². The topological polar surface area (TPSA) is 64.8 Å². The van der Waals surface area contributed by atoms with Crippen LogP contribution in [0.2, 0.25) is 10.0 Å². The van der Waals surface area contributed by atoms with Gasteiger partial charge in [0.25, 0.3) is 5.91 Å². The lowest BCUT2D eigenvalue weighted by molar-refractivity contribution is -0.183. The Morgan fingerprint density at radius 2 is 2.00 bits per heavy atom. The summed E-state index contributed by atoms with van der Waals surface area (Å²) in [5.74, 6) is -0.784. The summed E-state index contributed by atoms with van der Waals surface area (Å²) in [7, 11) is 0. The molecule has 1 spiro atoms.